The largest absolute Gasteiger partial charge is 0.447 e. The molecule has 0 aromatic rings. The van der Waals surface area contributed by atoms with E-state index < -0.39 is 12.1 Å². The quantitative estimate of drug-likeness (QED) is 0.579. The fourth-order valence-corrected chi connectivity index (χ4v) is 1.48. The predicted octanol–water partition coefficient (Wildman–Crippen LogP) is 0.616. The molecule has 0 saturated carbocycles. The Hall–Kier alpha value is -1.30. The van der Waals surface area contributed by atoms with E-state index >= 15 is 0 Å². The summed E-state index contributed by atoms with van der Waals surface area (Å²) in [7, 11) is 1.53. The lowest BCUT2D eigenvalue weighted by molar-refractivity contribution is -0.130. The Labute approximate surface area is 108 Å². The number of carbonyl (C=O) groups excluding carboxylic acids is 2. The van der Waals surface area contributed by atoms with E-state index in [4.69, 9.17) is 9.47 Å². The second kappa shape index (κ2) is 6.04. The van der Waals surface area contributed by atoms with Gasteiger partial charge in [0.05, 0.1) is 6.61 Å². The van der Waals surface area contributed by atoms with Crippen molar-refractivity contribution in [3.05, 3.63) is 0 Å². The van der Waals surface area contributed by atoms with E-state index in [1.807, 2.05) is 20.8 Å². The highest BCUT2D eigenvalue weighted by molar-refractivity contribution is 5.87. The van der Waals surface area contributed by atoms with Gasteiger partial charge in [0.25, 0.3) is 0 Å². The van der Waals surface area contributed by atoms with Gasteiger partial charge in [-0.15, -0.1) is 0 Å². The fraction of sp³-hybridized carbons (Fsp3) is 0.833. The fourth-order valence-electron chi connectivity index (χ4n) is 1.48. The normalized spacial score (nSPS) is 16.1. The number of amides is 2. The number of nitrogens with zero attached hydrogens (tertiary/aromatic N) is 1. The third kappa shape index (κ3) is 4.52. The Balaban J connectivity index is 2.50. The summed E-state index contributed by atoms with van der Waals surface area (Å²) in [6, 6.07) is -0.560. The second-order valence-electron chi connectivity index (χ2n) is 5.40. The molecule has 1 aliphatic rings. The molecule has 0 aromatic carbocycles. The lowest BCUT2D eigenvalue weighted by Gasteiger charge is -2.30. The predicted molar refractivity (Wildman–Crippen MR) is 66.2 cm³/mol. The standard InChI is InChI=1S/C12H22N2O4/c1-12(2,3)9(10(15)14-5-6-14)13-11(16)18-8-7-17-4/h9H,5-8H2,1-4H3,(H,13,16). The van der Waals surface area contributed by atoms with Gasteiger partial charge in [-0.2, -0.15) is 0 Å². The Morgan fingerprint density at radius 1 is 1.28 bits per heavy atom. The van der Waals surface area contributed by atoms with Crippen LogP contribution in [0.1, 0.15) is 20.8 Å². The van der Waals surface area contributed by atoms with E-state index in [9.17, 15) is 9.59 Å². The molecule has 0 bridgehead atoms. The molecule has 6 heteroatoms. The molecule has 1 atom stereocenters. The number of alkyl carbamates (subject to hydrolysis) is 1. The molecule has 0 radical (unpaired) electrons. The summed E-state index contributed by atoms with van der Waals surface area (Å²) in [6.45, 7) is 7.79. The minimum atomic E-state index is -0.581. The smallest absolute Gasteiger partial charge is 0.407 e. The molecule has 0 aromatic heterocycles. The summed E-state index contributed by atoms with van der Waals surface area (Å²) in [6.07, 6.45) is -0.581. The van der Waals surface area contributed by atoms with Gasteiger partial charge in [0, 0.05) is 20.2 Å². The van der Waals surface area contributed by atoms with Crippen LogP contribution in [0.15, 0.2) is 0 Å². The zero-order valence-corrected chi connectivity index (χ0v) is 11.5. The van der Waals surface area contributed by atoms with E-state index in [1.165, 1.54) is 7.11 Å². The summed E-state index contributed by atoms with van der Waals surface area (Å²) in [4.78, 5) is 25.3. The van der Waals surface area contributed by atoms with Gasteiger partial charge in [-0.3, -0.25) is 4.79 Å². The molecule has 1 unspecified atom stereocenters. The number of hydrogen-bond acceptors (Lipinski definition) is 4. The Morgan fingerprint density at radius 2 is 1.89 bits per heavy atom. The van der Waals surface area contributed by atoms with Crippen molar-refractivity contribution >= 4 is 12.0 Å². The molecule has 1 saturated heterocycles. The summed E-state index contributed by atoms with van der Waals surface area (Å²) in [5, 5.41) is 2.63. The van der Waals surface area contributed by atoms with Gasteiger partial charge in [0.15, 0.2) is 0 Å². The van der Waals surface area contributed by atoms with Crippen molar-refractivity contribution in [1.29, 1.82) is 0 Å². The minimum absolute atomic E-state index is 0.0498. The highest BCUT2D eigenvalue weighted by Gasteiger charge is 2.39. The summed E-state index contributed by atoms with van der Waals surface area (Å²) < 4.78 is 9.69. The number of rotatable bonds is 5. The molecule has 1 N–H and O–H groups in total. The highest BCUT2D eigenvalue weighted by atomic mass is 16.6. The van der Waals surface area contributed by atoms with Crippen molar-refractivity contribution in [2.45, 2.75) is 26.8 Å². The summed E-state index contributed by atoms with van der Waals surface area (Å²) >= 11 is 0. The van der Waals surface area contributed by atoms with Crippen LogP contribution in [-0.2, 0) is 14.3 Å². The number of hydrogen-bond donors (Lipinski definition) is 1. The molecule has 1 rings (SSSR count). The van der Waals surface area contributed by atoms with Crippen LogP contribution in [0.3, 0.4) is 0 Å². The maximum Gasteiger partial charge on any atom is 0.407 e. The zero-order chi connectivity index (χ0) is 13.8. The molecule has 2 amide bonds. The first-order valence-electron chi connectivity index (χ1n) is 6.07. The van der Waals surface area contributed by atoms with Crippen molar-refractivity contribution in [2.24, 2.45) is 5.41 Å². The number of carbonyl (C=O) groups is 2. The molecule has 0 spiro atoms. The van der Waals surface area contributed by atoms with Crippen LogP contribution in [0.4, 0.5) is 4.79 Å². The van der Waals surface area contributed by atoms with E-state index in [0.29, 0.717) is 6.61 Å². The Morgan fingerprint density at radius 3 is 2.33 bits per heavy atom. The highest BCUT2D eigenvalue weighted by Crippen LogP contribution is 2.23. The van der Waals surface area contributed by atoms with E-state index in [1.54, 1.807) is 4.90 Å². The minimum Gasteiger partial charge on any atom is -0.447 e. The lowest BCUT2D eigenvalue weighted by atomic mass is 9.86. The molecule has 18 heavy (non-hydrogen) atoms. The van der Waals surface area contributed by atoms with Gasteiger partial charge in [-0.05, 0) is 5.41 Å². The first-order valence-corrected chi connectivity index (χ1v) is 6.07. The van der Waals surface area contributed by atoms with Crippen molar-refractivity contribution in [2.75, 3.05) is 33.4 Å². The topological polar surface area (TPSA) is 67.6 Å². The van der Waals surface area contributed by atoms with Crippen molar-refractivity contribution in [1.82, 2.24) is 10.2 Å². The molecular formula is C12H22N2O4. The first-order chi connectivity index (χ1) is 8.36. The SMILES string of the molecule is COCCOC(=O)NC(C(=O)N1CC1)C(C)(C)C. The summed E-state index contributed by atoms with van der Waals surface area (Å²) in [5.41, 5.74) is -0.347. The van der Waals surface area contributed by atoms with Gasteiger partial charge in [0.2, 0.25) is 5.91 Å². The van der Waals surface area contributed by atoms with Crippen LogP contribution >= 0.6 is 0 Å². The lowest BCUT2D eigenvalue weighted by Crippen LogP contribution is -2.51. The average molecular weight is 258 g/mol. The molecule has 6 nitrogen and oxygen atoms in total. The van der Waals surface area contributed by atoms with Crippen LogP contribution in [0.2, 0.25) is 0 Å². The molecule has 1 heterocycles. The molecule has 1 aliphatic heterocycles. The van der Waals surface area contributed by atoms with Gasteiger partial charge in [-0.1, -0.05) is 20.8 Å². The molecule has 104 valence electrons. The molecule has 1 fully saturated rings. The van der Waals surface area contributed by atoms with Crippen molar-refractivity contribution in [3.8, 4) is 0 Å². The van der Waals surface area contributed by atoms with Crippen LogP contribution in [0.5, 0.6) is 0 Å². The van der Waals surface area contributed by atoms with Crippen molar-refractivity contribution < 1.29 is 19.1 Å². The Kier molecular flexibility index (Phi) is 4.95. The van der Waals surface area contributed by atoms with Gasteiger partial charge < -0.3 is 19.7 Å². The maximum atomic E-state index is 12.0. The van der Waals surface area contributed by atoms with E-state index in [2.05, 4.69) is 5.32 Å². The number of methoxy groups -OCH3 is 1. The van der Waals surface area contributed by atoms with Gasteiger partial charge in [-0.25, -0.2) is 4.79 Å². The third-order valence-corrected chi connectivity index (χ3v) is 2.65. The number of ether oxygens (including phenoxy) is 2. The second-order valence-corrected chi connectivity index (χ2v) is 5.40. The van der Waals surface area contributed by atoms with Gasteiger partial charge in [0.1, 0.15) is 12.6 Å². The first kappa shape index (κ1) is 14.8. The van der Waals surface area contributed by atoms with Crippen LogP contribution in [0, 0.1) is 5.41 Å². The van der Waals surface area contributed by atoms with Crippen LogP contribution in [-0.4, -0.2) is 56.4 Å². The number of nitrogens with one attached hydrogen (secondary N) is 1. The van der Waals surface area contributed by atoms with E-state index in [0.717, 1.165) is 13.1 Å². The maximum absolute atomic E-state index is 12.0. The molecular weight excluding hydrogens is 236 g/mol. The van der Waals surface area contributed by atoms with Crippen LogP contribution < -0.4 is 5.32 Å². The van der Waals surface area contributed by atoms with Crippen molar-refractivity contribution in [3.63, 3.8) is 0 Å². The third-order valence-electron chi connectivity index (χ3n) is 2.65. The molecule has 0 aliphatic carbocycles. The monoisotopic (exact) mass is 258 g/mol. The van der Waals surface area contributed by atoms with Gasteiger partial charge >= 0.3 is 6.09 Å². The zero-order valence-electron chi connectivity index (χ0n) is 11.5. The summed E-state index contributed by atoms with van der Waals surface area (Å²) in [5.74, 6) is -0.0498. The Bertz CT molecular complexity index is 308. The van der Waals surface area contributed by atoms with E-state index in [-0.39, 0.29) is 17.9 Å². The van der Waals surface area contributed by atoms with Crippen LogP contribution in [0.25, 0.3) is 0 Å². The average Bonchev–Trinajstić information content (AvgIpc) is 3.07.